The topological polar surface area (TPSA) is 47.7 Å². The number of hydrogen-bond donors (Lipinski definition) is 1. The number of nitrogens with zero attached hydrogens (tertiary/aromatic N) is 1. The number of ether oxygens (including phenoxy) is 2. The van der Waals surface area contributed by atoms with Gasteiger partial charge in [-0.3, -0.25) is 0 Å². The van der Waals surface area contributed by atoms with Crippen molar-refractivity contribution in [2.45, 2.75) is 38.6 Å². The molecule has 0 saturated carbocycles. The Bertz CT molecular complexity index is 434. The Kier molecular flexibility index (Phi) is 4.40. The molecule has 19 heavy (non-hydrogen) atoms. The van der Waals surface area contributed by atoms with Crippen LogP contribution in [0.4, 0.5) is 11.4 Å². The van der Waals surface area contributed by atoms with Gasteiger partial charge in [0, 0.05) is 24.7 Å². The summed E-state index contributed by atoms with van der Waals surface area (Å²) in [7, 11) is 3.29. The molecule has 0 amide bonds. The molecule has 106 valence electrons. The minimum Gasteiger partial charge on any atom is -0.493 e. The van der Waals surface area contributed by atoms with E-state index in [4.69, 9.17) is 15.2 Å². The van der Waals surface area contributed by atoms with Gasteiger partial charge in [-0.05, 0) is 19.8 Å². The molecule has 4 heteroatoms. The highest BCUT2D eigenvalue weighted by molar-refractivity contribution is 5.73. The molecule has 2 N–H and O–H groups in total. The van der Waals surface area contributed by atoms with Crippen LogP contribution in [0, 0.1) is 0 Å². The molecule has 1 saturated heterocycles. The zero-order valence-electron chi connectivity index (χ0n) is 12.1. The summed E-state index contributed by atoms with van der Waals surface area (Å²) in [5.74, 6) is 1.43. The first-order valence-electron chi connectivity index (χ1n) is 6.95. The summed E-state index contributed by atoms with van der Waals surface area (Å²) in [6.07, 6.45) is 5.03. The van der Waals surface area contributed by atoms with E-state index in [0.717, 1.165) is 23.7 Å². The summed E-state index contributed by atoms with van der Waals surface area (Å²) in [5, 5.41) is 0. The van der Waals surface area contributed by atoms with Gasteiger partial charge >= 0.3 is 0 Å². The minimum absolute atomic E-state index is 0.517. The van der Waals surface area contributed by atoms with Gasteiger partial charge < -0.3 is 20.1 Å². The van der Waals surface area contributed by atoms with Crippen LogP contribution in [0.1, 0.15) is 32.6 Å². The quantitative estimate of drug-likeness (QED) is 0.852. The van der Waals surface area contributed by atoms with Gasteiger partial charge in [0.15, 0.2) is 11.5 Å². The largest absolute Gasteiger partial charge is 0.493 e. The van der Waals surface area contributed by atoms with Crippen LogP contribution < -0.4 is 20.1 Å². The highest BCUT2D eigenvalue weighted by atomic mass is 16.5. The van der Waals surface area contributed by atoms with Gasteiger partial charge in [0.25, 0.3) is 0 Å². The molecule has 2 rings (SSSR count). The lowest BCUT2D eigenvalue weighted by Crippen LogP contribution is -2.33. The monoisotopic (exact) mass is 264 g/mol. The molecule has 1 aromatic carbocycles. The second-order valence-electron chi connectivity index (χ2n) is 5.16. The Morgan fingerprint density at radius 3 is 2.47 bits per heavy atom. The molecule has 1 aromatic rings. The zero-order valence-corrected chi connectivity index (χ0v) is 12.1. The molecule has 1 aliphatic heterocycles. The molecule has 0 spiro atoms. The highest BCUT2D eigenvalue weighted by Gasteiger charge is 2.21. The molecule has 0 aliphatic carbocycles. The standard InChI is InChI=1S/C15H24N2O2/c1-11-7-5-4-6-8-17(11)13-10-15(19-3)14(18-2)9-12(13)16/h9-11H,4-8,16H2,1-3H3. The molecule has 1 atom stereocenters. The van der Waals surface area contributed by atoms with Crippen LogP contribution in [0.3, 0.4) is 0 Å². The van der Waals surface area contributed by atoms with Crippen LogP contribution in [-0.2, 0) is 0 Å². The zero-order chi connectivity index (χ0) is 13.8. The van der Waals surface area contributed by atoms with Crippen molar-refractivity contribution < 1.29 is 9.47 Å². The Morgan fingerprint density at radius 2 is 1.79 bits per heavy atom. The normalized spacial score (nSPS) is 19.9. The smallest absolute Gasteiger partial charge is 0.162 e. The lowest BCUT2D eigenvalue weighted by Gasteiger charge is -2.31. The second kappa shape index (κ2) is 6.04. The molecular formula is C15H24N2O2. The van der Waals surface area contributed by atoms with E-state index in [1.807, 2.05) is 12.1 Å². The Balaban J connectivity index is 2.37. The number of benzene rings is 1. The van der Waals surface area contributed by atoms with Crippen LogP contribution in [0.25, 0.3) is 0 Å². The SMILES string of the molecule is COc1cc(N)c(N2CCCCCC2C)cc1OC. The van der Waals surface area contributed by atoms with Crippen molar-refractivity contribution in [3.05, 3.63) is 12.1 Å². The van der Waals surface area contributed by atoms with Crippen LogP contribution in [0.15, 0.2) is 12.1 Å². The molecule has 0 bridgehead atoms. The van der Waals surface area contributed by atoms with Gasteiger partial charge in [-0.15, -0.1) is 0 Å². The van der Waals surface area contributed by atoms with Gasteiger partial charge in [0.05, 0.1) is 25.6 Å². The van der Waals surface area contributed by atoms with Gasteiger partial charge in [-0.2, -0.15) is 0 Å². The first kappa shape index (κ1) is 13.8. The van der Waals surface area contributed by atoms with Crippen molar-refractivity contribution in [3.8, 4) is 11.5 Å². The molecule has 0 radical (unpaired) electrons. The summed E-state index contributed by atoms with van der Waals surface area (Å²) in [4.78, 5) is 2.39. The number of anilines is 2. The molecule has 0 aromatic heterocycles. The average Bonchev–Trinajstić information content (AvgIpc) is 2.63. The van der Waals surface area contributed by atoms with Crippen molar-refractivity contribution in [2.75, 3.05) is 31.4 Å². The Labute approximate surface area is 115 Å². The number of rotatable bonds is 3. The fraction of sp³-hybridized carbons (Fsp3) is 0.600. The summed E-state index contributed by atoms with van der Waals surface area (Å²) < 4.78 is 10.7. The van der Waals surface area contributed by atoms with Crippen LogP contribution in [0.2, 0.25) is 0 Å². The van der Waals surface area contributed by atoms with Gasteiger partial charge in [0.1, 0.15) is 0 Å². The van der Waals surface area contributed by atoms with Crippen molar-refractivity contribution >= 4 is 11.4 Å². The maximum absolute atomic E-state index is 6.19. The lowest BCUT2D eigenvalue weighted by atomic mass is 10.1. The van der Waals surface area contributed by atoms with E-state index < -0.39 is 0 Å². The molecule has 1 heterocycles. The number of hydrogen-bond acceptors (Lipinski definition) is 4. The third kappa shape index (κ3) is 2.88. The van der Waals surface area contributed by atoms with Gasteiger partial charge in [-0.25, -0.2) is 0 Å². The van der Waals surface area contributed by atoms with Crippen LogP contribution in [-0.4, -0.2) is 26.8 Å². The van der Waals surface area contributed by atoms with E-state index in [-0.39, 0.29) is 0 Å². The summed E-state index contributed by atoms with van der Waals surface area (Å²) in [5.41, 5.74) is 8.01. The van der Waals surface area contributed by atoms with E-state index >= 15 is 0 Å². The van der Waals surface area contributed by atoms with E-state index in [1.165, 1.54) is 25.7 Å². The fourth-order valence-electron chi connectivity index (χ4n) is 2.77. The maximum Gasteiger partial charge on any atom is 0.162 e. The third-order valence-electron chi connectivity index (χ3n) is 3.90. The van der Waals surface area contributed by atoms with Crippen molar-refractivity contribution in [2.24, 2.45) is 0 Å². The lowest BCUT2D eigenvalue weighted by molar-refractivity contribution is 0.355. The summed E-state index contributed by atoms with van der Waals surface area (Å²) >= 11 is 0. The minimum atomic E-state index is 0.517. The predicted octanol–water partition coefficient (Wildman–Crippen LogP) is 3.05. The van der Waals surface area contributed by atoms with Crippen molar-refractivity contribution in [1.82, 2.24) is 0 Å². The molecule has 1 aliphatic rings. The average molecular weight is 264 g/mol. The molecule has 4 nitrogen and oxygen atoms in total. The van der Waals surface area contributed by atoms with Gasteiger partial charge in [-0.1, -0.05) is 12.8 Å². The highest BCUT2D eigenvalue weighted by Crippen LogP contribution is 2.38. The molecule has 1 fully saturated rings. The first-order chi connectivity index (χ1) is 9.17. The van der Waals surface area contributed by atoms with E-state index in [1.54, 1.807) is 14.2 Å². The van der Waals surface area contributed by atoms with Crippen molar-refractivity contribution in [1.29, 1.82) is 0 Å². The van der Waals surface area contributed by atoms with E-state index in [0.29, 0.717) is 11.8 Å². The first-order valence-corrected chi connectivity index (χ1v) is 6.95. The third-order valence-corrected chi connectivity index (χ3v) is 3.90. The number of nitrogens with two attached hydrogens (primary N) is 1. The Morgan fingerprint density at radius 1 is 1.11 bits per heavy atom. The molecule has 1 unspecified atom stereocenters. The van der Waals surface area contributed by atoms with Crippen LogP contribution >= 0.6 is 0 Å². The van der Waals surface area contributed by atoms with E-state index in [2.05, 4.69) is 11.8 Å². The Hall–Kier alpha value is -1.58. The maximum atomic E-state index is 6.19. The van der Waals surface area contributed by atoms with E-state index in [9.17, 15) is 0 Å². The summed E-state index contributed by atoms with van der Waals surface area (Å²) in [6, 6.07) is 4.37. The van der Waals surface area contributed by atoms with Crippen molar-refractivity contribution in [3.63, 3.8) is 0 Å². The number of methoxy groups -OCH3 is 2. The number of nitrogen functional groups attached to an aromatic ring is 1. The molecular weight excluding hydrogens is 240 g/mol. The van der Waals surface area contributed by atoms with Crippen LogP contribution in [0.5, 0.6) is 11.5 Å². The summed E-state index contributed by atoms with van der Waals surface area (Å²) in [6.45, 7) is 3.32. The van der Waals surface area contributed by atoms with Gasteiger partial charge in [0.2, 0.25) is 0 Å². The fourth-order valence-corrected chi connectivity index (χ4v) is 2.77. The second-order valence-corrected chi connectivity index (χ2v) is 5.16. The predicted molar refractivity (Wildman–Crippen MR) is 79.2 cm³/mol.